The van der Waals surface area contributed by atoms with Crippen molar-refractivity contribution in [1.29, 1.82) is 0 Å². The first-order valence-corrected chi connectivity index (χ1v) is 4.37. The van der Waals surface area contributed by atoms with Crippen LogP contribution in [0.1, 0.15) is 0 Å². The molecule has 0 unspecified atom stereocenters. The van der Waals surface area contributed by atoms with Crippen molar-refractivity contribution in [2.45, 2.75) is 0 Å². The van der Waals surface area contributed by atoms with E-state index in [1.165, 1.54) is 18.2 Å². The third-order valence-electron chi connectivity index (χ3n) is 1.85. The van der Waals surface area contributed by atoms with Crippen LogP contribution in [-0.4, -0.2) is 10.3 Å². The van der Waals surface area contributed by atoms with E-state index in [2.05, 4.69) is 5.16 Å². The van der Waals surface area contributed by atoms with Crippen molar-refractivity contribution in [3.05, 3.63) is 29.0 Å². The number of hydrogen-bond donors (Lipinski definition) is 2. The third-order valence-corrected chi connectivity index (χ3v) is 2.14. The van der Waals surface area contributed by atoms with Gasteiger partial charge < -0.3 is 15.4 Å². The van der Waals surface area contributed by atoms with E-state index in [-0.39, 0.29) is 27.9 Å². The average Bonchev–Trinajstić information content (AvgIpc) is 2.59. The highest BCUT2D eigenvalue weighted by atomic mass is 35.5. The summed E-state index contributed by atoms with van der Waals surface area (Å²) in [6.45, 7) is 0. The van der Waals surface area contributed by atoms with Crippen molar-refractivity contribution in [3.8, 4) is 17.1 Å². The molecule has 2 rings (SSSR count). The number of nitrogen functional groups attached to an aromatic ring is 1. The maximum absolute atomic E-state index is 13.5. The van der Waals surface area contributed by atoms with Crippen molar-refractivity contribution < 1.29 is 14.0 Å². The number of nitrogens with two attached hydrogens (primary N) is 1. The highest BCUT2D eigenvalue weighted by molar-refractivity contribution is 6.31. The van der Waals surface area contributed by atoms with Crippen molar-refractivity contribution in [1.82, 2.24) is 5.16 Å². The second-order valence-electron chi connectivity index (χ2n) is 2.87. The van der Waals surface area contributed by atoms with Gasteiger partial charge in [-0.15, -0.1) is 0 Å². The summed E-state index contributed by atoms with van der Waals surface area (Å²) in [7, 11) is 0. The van der Waals surface area contributed by atoms with E-state index in [1.54, 1.807) is 0 Å². The minimum absolute atomic E-state index is 0.0324. The second-order valence-corrected chi connectivity index (χ2v) is 3.28. The minimum atomic E-state index is -0.771. The molecule has 6 heteroatoms. The second kappa shape index (κ2) is 3.43. The molecule has 15 heavy (non-hydrogen) atoms. The number of nitrogens with zero attached hydrogens (tertiary/aromatic N) is 1. The molecule has 0 saturated carbocycles. The van der Waals surface area contributed by atoms with Crippen LogP contribution in [0.4, 0.5) is 10.2 Å². The van der Waals surface area contributed by atoms with Crippen molar-refractivity contribution in [2.75, 3.05) is 5.73 Å². The quantitative estimate of drug-likeness (QED) is 0.786. The molecule has 0 bridgehead atoms. The summed E-state index contributed by atoms with van der Waals surface area (Å²) in [5.41, 5.74) is 5.17. The Morgan fingerprint density at radius 2 is 2.20 bits per heavy atom. The molecule has 2 aromatic rings. The van der Waals surface area contributed by atoms with Crippen LogP contribution in [0.25, 0.3) is 11.3 Å². The summed E-state index contributed by atoms with van der Waals surface area (Å²) < 4.78 is 18.3. The highest BCUT2D eigenvalue weighted by Gasteiger charge is 2.17. The molecular formula is C9H6ClFN2O2. The van der Waals surface area contributed by atoms with Crippen LogP contribution < -0.4 is 5.73 Å². The Bertz CT molecular complexity index is 513. The molecule has 78 valence electrons. The molecule has 0 saturated heterocycles. The first-order valence-electron chi connectivity index (χ1n) is 3.99. The molecule has 1 heterocycles. The number of aromatic hydroxyl groups is 1. The van der Waals surface area contributed by atoms with E-state index < -0.39 is 5.82 Å². The zero-order valence-corrected chi connectivity index (χ0v) is 8.12. The predicted octanol–water partition coefficient (Wildman–Crippen LogP) is 2.42. The Hall–Kier alpha value is -1.75. The molecule has 4 nitrogen and oxygen atoms in total. The van der Waals surface area contributed by atoms with E-state index >= 15 is 0 Å². The first kappa shape index (κ1) is 9.79. The molecule has 0 spiro atoms. The van der Waals surface area contributed by atoms with Crippen LogP contribution in [0, 0.1) is 5.82 Å². The average molecular weight is 229 g/mol. The molecule has 1 aromatic heterocycles. The Morgan fingerprint density at radius 1 is 1.47 bits per heavy atom. The van der Waals surface area contributed by atoms with Crippen molar-refractivity contribution in [3.63, 3.8) is 0 Å². The summed E-state index contributed by atoms with van der Waals surface area (Å²) in [6, 6.07) is 3.81. The van der Waals surface area contributed by atoms with Gasteiger partial charge in [-0.1, -0.05) is 16.8 Å². The van der Waals surface area contributed by atoms with Gasteiger partial charge in [0.1, 0.15) is 5.75 Å². The fourth-order valence-corrected chi connectivity index (χ4v) is 1.34. The Kier molecular flexibility index (Phi) is 2.24. The number of benzene rings is 1. The van der Waals surface area contributed by atoms with E-state index in [1.807, 2.05) is 0 Å². The van der Waals surface area contributed by atoms with Gasteiger partial charge in [-0.3, -0.25) is 0 Å². The molecule has 0 atom stereocenters. The lowest BCUT2D eigenvalue weighted by molar-refractivity contribution is 0.425. The third kappa shape index (κ3) is 1.61. The van der Waals surface area contributed by atoms with Crippen LogP contribution >= 0.6 is 11.6 Å². The maximum Gasteiger partial charge on any atom is 0.175 e. The normalized spacial score (nSPS) is 10.5. The van der Waals surface area contributed by atoms with Gasteiger partial charge in [0.25, 0.3) is 0 Å². The van der Waals surface area contributed by atoms with Gasteiger partial charge >= 0.3 is 0 Å². The lowest BCUT2D eigenvalue weighted by Crippen LogP contribution is -1.85. The molecule has 0 aliphatic carbocycles. The highest BCUT2D eigenvalue weighted by Crippen LogP contribution is 2.35. The Labute approximate surface area is 89.1 Å². The Morgan fingerprint density at radius 3 is 2.80 bits per heavy atom. The van der Waals surface area contributed by atoms with Crippen LogP contribution in [0.2, 0.25) is 5.02 Å². The van der Waals surface area contributed by atoms with Crippen molar-refractivity contribution >= 4 is 17.4 Å². The summed E-state index contributed by atoms with van der Waals surface area (Å²) in [6.07, 6.45) is 0. The number of anilines is 1. The molecule has 0 amide bonds. The number of phenols is 1. The smallest absolute Gasteiger partial charge is 0.175 e. The van der Waals surface area contributed by atoms with E-state index in [0.717, 1.165) is 0 Å². The zero-order chi connectivity index (χ0) is 11.0. The van der Waals surface area contributed by atoms with Gasteiger partial charge in [-0.2, -0.15) is 0 Å². The van der Waals surface area contributed by atoms with E-state index in [4.69, 9.17) is 21.9 Å². The number of aromatic nitrogens is 1. The maximum atomic E-state index is 13.5. The standard InChI is InChI=1S/C9H6ClFN2O2/c10-4-1-2-5(14)8(9(4)11)6-3-7(12)13-15-6/h1-3,14H,(H2,12,13). The monoisotopic (exact) mass is 228 g/mol. The van der Waals surface area contributed by atoms with Gasteiger partial charge in [0, 0.05) is 6.07 Å². The van der Waals surface area contributed by atoms with Crippen molar-refractivity contribution in [2.24, 2.45) is 0 Å². The minimum Gasteiger partial charge on any atom is -0.507 e. The van der Waals surface area contributed by atoms with Gasteiger partial charge in [-0.05, 0) is 12.1 Å². The largest absolute Gasteiger partial charge is 0.507 e. The number of rotatable bonds is 1. The molecule has 0 aliphatic heterocycles. The summed E-state index contributed by atoms with van der Waals surface area (Å²) in [5.74, 6) is -0.922. The van der Waals surface area contributed by atoms with Gasteiger partial charge in [-0.25, -0.2) is 4.39 Å². The number of halogens is 2. The van der Waals surface area contributed by atoms with Gasteiger partial charge in [0.05, 0.1) is 10.6 Å². The topological polar surface area (TPSA) is 72.3 Å². The number of phenolic OH excluding ortho intramolecular Hbond substituents is 1. The lowest BCUT2D eigenvalue weighted by atomic mass is 10.1. The Balaban J connectivity index is 2.66. The summed E-state index contributed by atoms with van der Waals surface area (Å²) in [5, 5.41) is 12.7. The van der Waals surface area contributed by atoms with Crippen LogP contribution in [0.5, 0.6) is 5.75 Å². The molecule has 0 fully saturated rings. The summed E-state index contributed by atoms with van der Waals surface area (Å²) >= 11 is 5.56. The van der Waals surface area contributed by atoms with Gasteiger partial charge in [0.15, 0.2) is 17.4 Å². The fourth-order valence-electron chi connectivity index (χ4n) is 1.18. The number of hydrogen-bond acceptors (Lipinski definition) is 4. The van der Waals surface area contributed by atoms with E-state index in [9.17, 15) is 9.50 Å². The molecular weight excluding hydrogens is 223 g/mol. The SMILES string of the molecule is Nc1cc(-c2c(O)ccc(Cl)c2F)on1. The van der Waals surface area contributed by atoms with E-state index in [0.29, 0.717) is 0 Å². The zero-order valence-electron chi connectivity index (χ0n) is 7.37. The fraction of sp³-hybridized carbons (Fsp3) is 0. The predicted molar refractivity (Wildman–Crippen MR) is 53.0 cm³/mol. The first-order chi connectivity index (χ1) is 7.09. The van der Waals surface area contributed by atoms with Crippen LogP contribution in [0.15, 0.2) is 22.7 Å². The molecule has 0 radical (unpaired) electrons. The lowest BCUT2D eigenvalue weighted by Gasteiger charge is -2.02. The molecule has 3 N–H and O–H groups in total. The summed E-state index contributed by atoms with van der Waals surface area (Å²) in [4.78, 5) is 0. The van der Waals surface area contributed by atoms with Gasteiger partial charge in [0.2, 0.25) is 0 Å². The molecule has 0 aliphatic rings. The molecule has 1 aromatic carbocycles. The van der Waals surface area contributed by atoms with Crippen LogP contribution in [0.3, 0.4) is 0 Å². The van der Waals surface area contributed by atoms with Crippen LogP contribution in [-0.2, 0) is 0 Å².